The fraction of sp³-hybridized carbons (Fsp3) is 0.208. The first kappa shape index (κ1) is 23.9. The van der Waals surface area contributed by atoms with E-state index >= 15 is 0 Å². The molecule has 1 heterocycles. The van der Waals surface area contributed by atoms with Gasteiger partial charge in [-0.2, -0.15) is 0 Å². The van der Waals surface area contributed by atoms with Gasteiger partial charge in [-0.3, -0.25) is 9.59 Å². The second-order valence-electron chi connectivity index (χ2n) is 7.44. The smallest absolute Gasteiger partial charge is 0.319 e. The van der Waals surface area contributed by atoms with E-state index in [4.69, 9.17) is 16.3 Å². The Morgan fingerprint density at radius 3 is 2.52 bits per heavy atom. The van der Waals surface area contributed by atoms with Crippen molar-refractivity contribution in [3.8, 4) is 5.75 Å². The van der Waals surface area contributed by atoms with Crippen molar-refractivity contribution in [1.82, 2.24) is 9.88 Å². The van der Waals surface area contributed by atoms with Crippen molar-refractivity contribution in [2.24, 2.45) is 0 Å². The van der Waals surface area contributed by atoms with E-state index in [0.717, 1.165) is 5.56 Å². The maximum absolute atomic E-state index is 12.9. The van der Waals surface area contributed by atoms with Crippen LogP contribution < -0.4 is 20.9 Å². The van der Waals surface area contributed by atoms with Gasteiger partial charge in [0.1, 0.15) is 11.4 Å². The molecule has 0 aliphatic carbocycles. The minimum absolute atomic E-state index is 0.0407. The summed E-state index contributed by atoms with van der Waals surface area (Å²) in [7, 11) is 1.52. The van der Waals surface area contributed by atoms with Gasteiger partial charge in [-0.25, -0.2) is 4.79 Å². The molecular formula is C24H24ClN3O5. The van der Waals surface area contributed by atoms with Crippen LogP contribution in [0.15, 0.2) is 65.6 Å². The van der Waals surface area contributed by atoms with E-state index in [9.17, 15) is 19.5 Å². The van der Waals surface area contributed by atoms with Crippen molar-refractivity contribution in [1.29, 1.82) is 0 Å². The quantitative estimate of drug-likeness (QED) is 0.458. The molecule has 33 heavy (non-hydrogen) atoms. The van der Waals surface area contributed by atoms with Gasteiger partial charge in [0.25, 0.3) is 5.56 Å². The number of hydrogen-bond donors (Lipinski definition) is 3. The molecule has 0 fully saturated rings. The molecule has 0 saturated carbocycles. The average Bonchev–Trinajstić information content (AvgIpc) is 2.77. The van der Waals surface area contributed by atoms with Crippen LogP contribution in [0.1, 0.15) is 29.2 Å². The van der Waals surface area contributed by atoms with Crippen molar-refractivity contribution < 1.29 is 19.4 Å². The maximum atomic E-state index is 12.9. The molecule has 0 radical (unpaired) electrons. The Morgan fingerprint density at radius 1 is 1.12 bits per heavy atom. The zero-order chi connectivity index (χ0) is 24.0. The molecule has 2 aromatic carbocycles. The second-order valence-corrected chi connectivity index (χ2v) is 7.84. The summed E-state index contributed by atoms with van der Waals surface area (Å²) in [5.74, 6) is -0.517. The molecule has 3 rings (SSSR count). The Bertz CT molecular complexity index is 1210. The van der Waals surface area contributed by atoms with E-state index in [1.165, 1.54) is 17.7 Å². The molecule has 0 spiro atoms. The van der Waals surface area contributed by atoms with E-state index in [1.54, 1.807) is 42.6 Å². The van der Waals surface area contributed by atoms with Gasteiger partial charge in [0.05, 0.1) is 26.1 Å². The minimum atomic E-state index is -1.06. The number of carbonyl (C=O) groups excluding carboxylic acids is 1. The van der Waals surface area contributed by atoms with Gasteiger partial charge in [0.2, 0.25) is 0 Å². The molecule has 0 aliphatic heterocycles. The molecule has 3 N–H and O–H groups in total. The van der Waals surface area contributed by atoms with Gasteiger partial charge >= 0.3 is 12.0 Å². The van der Waals surface area contributed by atoms with Crippen LogP contribution in [0.2, 0.25) is 5.02 Å². The lowest BCUT2D eigenvalue weighted by atomic mass is 10.0. The number of pyridine rings is 1. The van der Waals surface area contributed by atoms with Crippen LogP contribution in [0.25, 0.3) is 0 Å². The Kier molecular flexibility index (Phi) is 7.74. The molecule has 8 nitrogen and oxygen atoms in total. The summed E-state index contributed by atoms with van der Waals surface area (Å²) in [6.07, 6.45) is 1.27. The van der Waals surface area contributed by atoms with Crippen molar-refractivity contribution in [3.05, 3.63) is 92.9 Å². The lowest BCUT2D eigenvalue weighted by Gasteiger charge is -2.18. The number of nitrogens with zero attached hydrogens (tertiary/aromatic N) is 1. The van der Waals surface area contributed by atoms with Gasteiger partial charge in [0.15, 0.2) is 0 Å². The molecule has 1 atom stereocenters. The first-order valence-corrected chi connectivity index (χ1v) is 10.5. The number of nitrogens with one attached hydrogen (secondary N) is 2. The van der Waals surface area contributed by atoms with Crippen molar-refractivity contribution in [2.45, 2.75) is 25.9 Å². The molecule has 172 valence electrons. The normalized spacial score (nSPS) is 11.5. The summed E-state index contributed by atoms with van der Waals surface area (Å²) in [4.78, 5) is 36.8. The first-order valence-electron chi connectivity index (χ1n) is 10.1. The van der Waals surface area contributed by atoms with Crippen LogP contribution in [0, 0.1) is 6.92 Å². The predicted octanol–water partition coefficient (Wildman–Crippen LogP) is 4.20. The number of ether oxygens (including phenoxy) is 1. The highest BCUT2D eigenvalue weighted by molar-refractivity contribution is 6.31. The van der Waals surface area contributed by atoms with Crippen LogP contribution >= 0.6 is 11.6 Å². The molecule has 0 bridgehead atoms. The van der Waals surface area contributed by atoms with Gasteiger partial charge in [-0.15, -0.1) is 0 Å². The number of carboxylic acid groups (broad SMARTS) is 1. The summed E-state index contributed by atoms with van der Waals surface area (Å²) >= 11 is 6.28. The number of halogens is 1. The van der Waals surface area contributed by atoms with Crippen molar-refractivity contribution in [3.63, 3.8) is 0 Å². The topological polar surface area (TPSA) is 110 Å². The number of benzene rings is 2. The van der Waals surface area contributed by atoms with Gasteiger partial charge in [-0.1, -0.05) is 47.5 Å². The molecule has 2 amide bonds. The number of aromatic nitrogens is 1. The number of carboxylic acids is 1. The number of anilines is 1. The van der Waals surface area contributed by atoms with Crippen molar-refractivity contribution in [2.75, 3.05) is 12.4 Å². The van der Waals surface area contributed by atoms with Gasteiger partial charge in [0, 0.05) is 16.8 Å². The Balaban J connectivity index is 1.79. The standard InChI is InChI=1S/C24H24ClN3O5/c1-15-8-10-16(11-9-15)20(13-22(29)30)27-24(32)26-19-6-4-12-28(23(19)31)14-17-18(25)5-3-7-21(17)33-2/h3-12,20H,13-14H2,1-2H3,(H,29,30)(H2,26,27,32)/t20-/m0/s1. The summed E-state index contributed by atoms with van der Waals surface area (Å²) in [5, 5.41) is 14.9. The molecule has 9 heteroatoms. The second kappa shape index (κ2) is 10.7. The monoisotopic (exact) mass is 469 g/mol. The van der Waals surface area contributed by atoms with E-state index in [-0.39, 0.29) is 18.7 Å². The number of aliphatic carboxylic acids is 1. The highest BCUT2D eigenvalue weighted by Crippen LogP contribution is 2.26. The lowest BCUT2D eigenvalue weighted by molar-refractivity contribution is -0.137. The molecular weight excluding hydrogens is 446 g/mol. The third-order valence-corrected chi connectivity index (χ3v) is 5.41. The fourth-order valence-electron chi connectivity index (χ4n) is 3.35. The Morgan fingerprint density at radius 2 is 1.85 bits per heavy atom. The van der Waals surface area contributed by atoms with E-state index in [0.29, 0.717) is 21.9 Å². The van der Waals surface area contributed by atoms with Crippen LogP contribution in [0.3, 0.4) is 0 Å². The predicted molar refractivity (Wildman–Crippen MR) is 126 cm³/mol. The van der Waals surface area contributed by atoms with Gasteiger partial charge in [-0.05, 0) is 36.8 Å². The highest BCUT2D eigenvalue weighted by atomic mass is 35.5. The highest BCUT2D eigenvalue weighted by Gasteiger charge is 2.19. The van der Waals surface area contributed by atoms with Crippen LogP contribution in [0.5, 0.6) is 5.75 Å². The summed E-state index contributed by atoms with van der Waals surface area (Å²) in [6, 6.07) is 14.0. The molecule has 0 saturated heterocycles. The van der Waals surface area contributed by atoms with E-state index in [2.05, 4.69) is 10.6 Å². The lowest BCUT2D eigenvalue weighted by Crippen LogP contribution is -2.36. The molecule has 0 aliphatic rings. The Hall–Kier alpha value is -3.78. The van der Waals surface area contributed by atoms with Crippen LogP contribution in [-0.2, 0) is 11.3 Å². The molecule has 1 aromatic heterocycles. The zero-order valence-corrected chi connectivity index (χ0v) is 18.9. The summed E-state index contributed by atoms with van der Waals surface area (Å²) in [5.41, 5.74) is 1.89. The maximum Gasteiger partial charge on any atom is 0.319 e. The third-order valence-electron chi connectivity index (χ3n) is 5.06. The number of amides is 2. The number of urea groups is 1. The SMILES string of the molecule is COc1cccc(Cl)c1Cn1cccc(NC(=O)N[C@@H](CC(=O)O)c2ccc(C)cc2)c1=O. The largest absolute Gasteiger partial charge is 0.496 e. The Labute approximate surface area is 195 Å². The average molecular weight is 470 g/mol. The summed E-state index contributed by atoms with van der Waals surface area (Å²) < 4.78 is 6.73. The number of methoxy groups -OCH3 is 1. The van der Waals surface area contributed by atoms with Crippen LogP contribution in [0.4, 0.5) is 10.5 Å². The van der Waals surface area contributed by atoms with E-state index < -0.39 is 23.6 Å². The number of aryl methyl sites for hydroxylation is 1. The molecule has 3 aromatic rings. The zero-order valence-electron chi connectivity index (χ0n) is 18.2. The molecule has 0 unspecified atom stereocenters. The van der Waals surface area contributed by atoms with Gasteiger partial charge < -0.3 is 25.0 Å². The third kappa shape index (κ3) is 6.14. The number of carbonyl (C=O) groups is 2. The van der Waals surface area contributed by atoms with Crippen molar-refractivity contribution >= 4 is 29.3 Å². The fourth-order valence-corrected chi connectivity index (χ4v) is 3.58. The minimum Gasteiger partial charge on any atom is -0.496 e. The first-order chi connectivity index (χ1) is 15.8. The summed E-state index contributed by atoms with van der Waals surface area (Å²) in [6.45, 7) is 2.05. The number of rotatable bonds is 8. The number of hydrogen-bond acceptors (Lipinski definition) is 4. The van der Waals surface area contributed by atoms with Crippen LogP contribution in [-0.4, -0.2) is 28.8 Å². The van der Waals surface area contributed by atoms with E-state index in [1.807, 2.05) is 19.1 Å².